The molecule has 0 saturated heterocycles. The molecule has 0 radical (unpaired) electrons. The largest absolute Gasteiger partial charge is 0.388 e. The van der Waals surface area contributed by atoms with E-state index in [-0.39, 0.29) is 0 Å². The number of nitrogens with zero attached hydrogens (tertiary/aromatic N) is 2. The van der Waals surface area contributed by atoms with Crippen LogP contribution in [0.15, 0.2) is 36.8 Å². The third-order valence-corrected chi connectivity index (χ3v) is 2.95. The summed E-state index contributed by atoms with van der Waals surface area (Å²) in [6, 6.07) is 5.15. The van der Waals surface area contributed by atoms with Crippen molar-refractivity contribution in [2.24, 2.45) is 0 Å². The third kappa shape index (κ3) is 3.16. The molecule has 1 atom stereocenters. The van der Waals surface area contributed by atoms with Gasteiger partial charge in [-0.2, -0.15) is 0 Å². The van der Waals surface area contributed by atoms with E-state index in [1.165, 1.54) is 0 Å². The first kappa shape index (κ1) is 12.3. The Kier molecular flexibility index (Phi) is 3.94. The van der Waals surface area contributed by atoms with Gasteiger partial charge in [-0.1, -0.05) is 23.2 Å². The smallest absolute Gasteiger partial charge is 0.129 e. The number of pyridine rings is 2. The van der Waals surface area contributed by atoms with E-state index >= 15 is 0 Å². The third-order valence-electron chi connectivity index (χ3n) is 2.41. The normalized spacial score (nSPS) is 12.4. The van der Waals surface area contributed by atoms with Gasteiger partial charge in [0.2, 0.25) is 0 Å². The molecule has 2 rings (SSSR count). The maximum absolute atomic E-state index is 10.1. The highest BCUT2D eigenvalue weighted by Crippen LogP contribution is 2.23. The molecule has 3 nitrogen and oxygen atoms in total. The Morgan fingerprint density at radius 3 is 2.76 bits per heavy atom. The topological polar surface area (TPSA) is 46.0 Å². The van der Waals surface area contributed by atoms with E-state index in [4.69, 9.17) is 23.2 Å². The summed E-state index contributed by atoms with van der Waals surface area (Å²) in [5, 5.41) is 11.0. The Balaban J connectivity index is 2.17. The Bertz CT molecular complexity index is 519. The number of aliphatic hydroxyl groups is 1. The molecule has 88 valence electrons. The molecule has 1 unspecified atom stereocenters. The average Bonchev–Trinajstić information content (AvgIpc) is 2.32. The maximum Gasteiger partial charge on any atom is 0.129 e. The van der Waals surface area contributed by atoms with Crippen LogP contribution < -0.4 is 0 Å². The van der Waals surface area contributed by atoms with Crippen LogP contribution in [-0.4, -0.2) is 15.1 Å². The van der Waals surface area contributed by atoms with Gasteiger partial charge in [-0.05, 0) is 29.3 Å². The molecule has 0 amide bonds. The molecule has 0 aliphatic heterocycles. The second-order valence-corrected chi connectivity index (χ2v) is 4.39. The summed E-state index contributed by atoms with van der Waals surface area (Å²) in [7, 11) is 0. The minimum atomic E-state index is -0.657. The summed E-state index contributed by atoms with van der Waals surface area (Å²) >= 11 is 11.7. The molecule has 0 aliphatic carbocycles. The number of aliphatic hydroxyl groups excluding tert-OH is 1. The number of halogens is 2. The lowest BCUT2D eigenvalue weighted by atomic mass is 10.0. The van der Waals surface area contributed by atoms with Gasteiger partial charge in [-0.15, -0.1) is 0 Å². The molecule has 17 heavy (non-hydrogen) atoms. The van der Waals surface area contributed by atoms with Gasteiger partial charge in [-0.25, -0.2) is 4.98 Å². The van der Waals surface area contributed by atoms with E-state index in [9.17, 15) is 5.11 Å². The Hall–Kier alpha value is -1.16. The fourth-order valence-corrected chi connectivity index (χ4v) is 1.90. The van der Waals surface area contributed by atoms with E-state index in [1.54, 1.807) is 36.8 Å². The quantitative estimate of drug-likeness (QED) is 0.871. The molecule has 0 spiro atoms. The van der Waals surface area contributed by atoms with Crippen LogP contribution in [0.3, 0.4) is 0 Å². The van der Waals surface area contributed by atoms with Crippen molar-refractivity contribution in [1.29, 1.82) is 0 Å². The fraction of sp³-hybridized carbons (Fsp3) is 0.167. The molecular weight excluding hydrogens is 259 g/mol. The first-order valence-corrected chi connectivity index (χ1v) is 5.80. The van der Waals surface area contributed by atoms with Crippen LogP contribution in [0, 0.1) is 0 Å². The molecule has 2 heterocycles. The van der Waals surface area contributed by atoms with E-state index in [0.717, 1.165) is 11.1 Å². The molecule has 0 bridgehead atoms. The lowest BCUT2D eigenvalue weighted by molar-refractivity contribution is 0.178. The highest BCUT2D eigenvalue weighted by Gasteiger charge is 2.11. The van der Waals surface area contributed by atoms with Gasteiger partial charge in [0.05, 0.1) is 11.1 Å². The summed E-state index contributed by atoms with van der Waals surface area (Å²) in [5.74, 6) is 0. The zero-order valence-corrected chi connectivity index (χ0v) is 10.4. The Morgan fingerprint density at radius 1 is 1.24 bits per heavy atom. The van der Waals surface area contributed by atoms with Gasteiger partial charge < -0.3 is 5.11 Å². The molecule has 1 N–H and O–H groups in total. The van der Waals surface area contributed by atoms with E-state index in [1.807, 2.05) is 0 Å². The first-order chi connectivity index (χ1) is 8.16. The minimum absolute atomic E-state index is 0.363. The molecule has 5 heteroatoms. The van der Waals surface area contributed by atoms with Crippen LogP contribution in [-0.2, 0) is 6.42 Å². The summed E-state index contributed by atoms with van der Waals surface area (Å²) in [6.07, 6.45) is 4.53. The van der Waals surface area contributed by atoms with Gasteiger partial charge in [0.25, 0.3) is 0 Å². The van der Waals surface area contributed by atoms with Crippen molar-refractivity contribution in [1.82, 2.24) is 9.97 Å². The Morgan fingerprint density at radius 2 is 2.06 bits per heavy atom. The second kappa shape index (κ2) is 5.45. The van der Waals surface area contributed by atoms with Gasteiger partial charge in [-0.3, -0.25) is 4.98 Å². The number of aromatic nitrogens is 2. The highest BCUT2D eigenvalue weighted by atomic mass is 35.5. The Labute approximate surface area is 109 Å². The fourth-order valence-electron chi connectivity index (χ4n) is 1.52. The summed E-state index contributed by atoms with van der Waals surface area (Å²) in [4.78, 5) is 7.76. The van der Waals surface area contributed by atoms with Crippen LogP contribution in [0.2, 0.25) is 10.2 Å². The zero-order valence-electron chi connectivity index (χ0n) is 8.85. The first-order valence-electron chi connectivity index (χ1n) is 5.04. The van der Waals surface area contributed by atoms with Crippen molar-refractivity contribution in [3.63, 3.8) is 0 Å². The lowest BCUT2D eigenvalue weighted by Gasteiger charge is -2.11. The molecule has 0 aliphatic rings. The van der Waals surface area contributed by atoms with Gasteiger partial charge >= 0.3 is 0 Å². The maximum atomic E-state index is 10.1. The van der Waals surface area contributed by atoms with E-state index in [2.05, 4.69) is 9.97 Å². The molecular formula is C12H10Cl2N2O. The number of hydrogen-bond acceptors (Lipinski definition) is 3. The summed E-state index contributed by atoms with van der Waals surface area (Å²) < 4.78 is 0. The predicted octanol–water partition coefficient (Wildman–Crippen LogP) is 3.06. The van der Waals surface area contributed by atoms with Crippen LogP contribution in [0.1, 0.15) is 17.2 Å². The van der Waals surface area contributed by atoms with Crippen molar-refractivity contribution < 1.29 is 5.11 Å². The molecule has 0 aromatic carbocycles. The monoisotopic (exact) mass is 268 g/mol. The van der Waals surface area contributed by atoms with Crippen molar-refractivity contribution in [3.8, 4) is 0 Å². The van der Waals surface area contributed by atoms with Crippen molar-refractivity contribution in [3.05, 3.63) is 58.1 Å². The standard InChI is InChI=1S/C12H10Cl2N2O/c13-10-7-15-3-1-8(10)5-11(17)9-2-4-16-12(14)6-9/h1-4,6-7,11,17H,5H2. The molecule has 0 saturated carbocycles. The second-order valence-electron chi connectivity index (χ2n) is 3.60. The van der Waals surface area contributed by atoms with Gasteiger partial charge in [0.15, 0.2) is 0 Å². The van der Waals surface area contributed by atoms with E-state index in [0.29, 0.717) is 16.6 Å². The van der Waals surface area contributed by atoms with Gasteiger partial charge in [0, 0.05) is 25.0 Å². The summed E-state index contributed by atoms with van der Waals surface area (Å²) in [5.41, 5.74) is 1.57. The lowest BCUT2D eigenvalue weighted by Crippen LogP contribution is -2.02. The summed E-state index contributed by atoms with van der Waals surface area (Å²) in [6.45, 7) is 0. The number of hydrogen-bond donors (Lipinski definition) is 1. The van der Waals surface area contributed by atoms with Crippen LogP contribution in [0.4, 0.5) is 0 Å². The molecule has 2 aromatic heterocycles. The van der Waals surface area contributed by atoms with Crippen LogP contribution in [0.5, 0.6) is 0 Å². The van der Waals surface area contributed by atoms with Crippen LogP contribution in [0.25, 0.3) is 0 Å². The van der Waals surface area contributed by atoms with Gasteiger partial charge in [0.1, 0.15) is 5.15 Å². The minimum Gasteiger partial charge on any atom is -0.388 e. The molecule has 2 aromatic rings. The van der Waals surface area contributed by atoms with E-state index < -0.39 is 6.10 Å². The highest BCUT2D eigenvalue weighted by molar-refractivity contribution is 6.31. The van der Waals surface area contributed by atoms with Crippen molar-refractivity contribution >= 4 is 23.2 Å². The SMILES string of the molecule is OC(Cc1ccncc1Cl)c1ccnc(Cl)c1. The van der Waals surface area contributed by atoms with Crippen LogP contribution >= 0.6 is 23.2 Å². The average molecular weight is 269 g/mol. The number of rotatable bonds is 3. The van der Waals surface area contributed by atoms with Crippen molar-refractivity contribution in [2.75, 3.05) is 0 Å². The van der Waals surface area contributed by atoms with Crippen molar-refractivity contribution in [2.45, 2.75) is 12.5 Å². The predicted molar refractivity (Wildman–Crippen MR) is 67.2 cm³/mol. The zero-order chi connectivity index (χ0) is 12.3. The molecule has 0 fully saturated rings.